The number of alkyl halides is 1. The van der Waals surface area contributed by atoms with E-state index in [-0.39, 0.29) is 16.3 Å². The zero-order valence-electron chi connectivity index (χ0n) is 11.6. The van der Waals surface area contributed by atoms with Crippen LogP contribution in [0.25, 0.3) is 0 Å². The van der Waals surface area contributed by atoms with Gasteiger partial charge in [-0.1, -0.05) is 47.1 Å². The lowest BCUT2D eigenvalue weighted by Gasteiger charge is -2.29. The van der Waals surface area contributed by atoms with Gasteiger partial charge in [0, 0.05) is 16.8 Å². The summed E-state index contributed by atoms with van der Waals surface area (Å²) in [6.07, 6.45) is 1.33. The molecule has 0 heterocycles. The fraction of sp³-hybridized carbons (Fsp3) is 0.533. The van der Waals surface area contributed by atoms with Crippen molar-refractivity contribution in [1.29, 1.82) is 0 Å². The molecule has 0 radical (unpaired) electrons. The first-order valence-electron chi connectivity index (χ1n) is 6.32. The summed E-state index contributed by atoms with van der Waals surface area (Å²) in [5.74, 6) is 0.106. The summed E-state index contributed by atoms with van der Waals surface area (Å²) in [5.41, 5.74) is 2.28. The zero-order valence-corrected chi connectivity index (χ0v) is 13.2. The molecule has 0 bridgehead atoms. The number of carbonyl (C=O) groups excluding carboxylic acids is 1. The molecule has 0 aromatic heterocycles. The van der Waals surface area contributed by atoms with Crippen molar-refractivity contribution in [3.8, 4) is 0 Å². The Hall–Kier alpha value is -0.830. The molecule has 2 nitrogen and oxygen atoms in total. The van der Waals surface area contributed by atoms with Crippen molar-refractivity contribution in [3.05, 3.63) is 35.4 Å². The molecule has 0 saturated heterocycles. The smallest absolute Gasteiger partial charge is 0.220 e. The first kappa shape index (κ1) is 15.2. The van der Waals surface area contributed by atoms with Crippen LogP contribution in [-0.4, -0.2) is 16.3 Å². The summed E-state index contributed by atoms with van der Waals surface area (Å²) in [7, 11) is 0. The minimum atomic E-state index is -0.219. The molecule has 100 valence electrons. The number of hydrogen-bond donors (Lipinski definition) is 1. The van der Waals surface area contributed by atoms with Gasteiger partial charge >= 0.3 is 0 Å². The topological polar surface area (TPSA) is 29.1 Å². The van der Waals surface area contributed by atoms with Gasteiger partial charge in [-0.05, 0) is 38.3 Å². The average Bonchev–Trinajstić information content (AvgIpc) is 2.27. The monoisotopic (exact) mass is 311 g/mol. The van der Waals surface area contributed by atoms with Crippen LogP contribution in [0.2, 0.25) is 0 Å². The van der Waals surface area contributed by atoms with Gasteiger partial charge in [-0.3, -0.25) is 4.79 Å². The lowest BCUT2D eigenvalue weighted by atomic mass is 10.0. The van der Waals surface area contributed by atoms with Crippen LogP contribution in [0.5, 0.6) is 0 Å². The van der Waals surface area contributed by atoms with Gasteiger partial charge in [0.15, 0.2) is 0 Å². The Morgan fingerprint density at radius 1 is 1.39 bits per heavy atom. The van der Waals surface area contributed by atoms with Gasteiger partial charge in [-0.2, -0.15) is 0 Å². The molecule has 1 aromatic carbocycles. The number of hydrogen-bond acceptors (Lipinski definition) is 1. The van der Waals surface area contributed by atoms with Gasteiger partial charge in [-0.25, -0.2) is 0 Å². The molecule has 1 N–H and O–H groups in total. The van der Waals surface area contributed by atoms with Crippen molar-refractivity contribution in [3.63, 3.8) is 0 Å². The molecule has 0 aliphatic rings. The first-order chi connectivity index (χ1) is 8.33. The van der Waals surface area contributed by atoms with Gasteiger partial charge in [-0.15, -0.1) is 0 Å². The third kappa shape index (κ3) is 4.45. The minimum absolute atomic E-state index is 0.106. The highest BCUT2D eigenvalue weighted by atomic mass is 79.9. The maximum Gasteiger partial charge on any atom is 0.220 e. The maximum atomic E-state index is 11.9. The molecule has 1 amide bonds. The second kappa shape index (κ2) is 6.37. The van der Waals surface area contributed by atoms with E-state index in [9.17, 15) is 4.79 Å². The van der Waals surface area contributed by atoms with E-state index >= 15 is 0 Å². The van der Waals surface area contributed by atoms with Crippen LogP contribution in [0.1, 0.15) is 38.3 Å². The lowest BCUT2D eigenvalue weighted by Crippen LogP contribution is -2.48. The van der Waals surface area contributed by atoms with Crippen LogP contribution in [-0.2, 0) is 11.2 Å². The van der Waals surface area contributed by atoms with Crippen molar-refractivity contribution >= 4 is 21.8 Å². The Kier molecular flexibility index (Phi) is 5.39. The second-order valence-electron chi connectivity index (χ2n) is 5.31. The largest absolute Gasteiger partial charge is 0.350 e. The standard InChI is InChI=1S/C15H22BrNO/c1-11-7-5-6-8-13(11)9-10-14(18)17-15(3,4)12(2)16/h5-8,12H,9-10H2,1-4H3,(H,17,18). The second-order valence-corrected chi connectivity index (χ2v) is 6.69. The summed E-state index contributed by atoms with van der Waals surface area (Å²) in [5, 5.41) is 3.06. The molecule has 0 spiro atoms. The van der Waals surface area contributed by atoms with E-state index in [1.165, 1.54) is 11.1 Å². The highest BCUT2D eigenvalue weighted by molar-refractivity contribution is 9.09. The molecule has 18 heavy (non-hydrogen) atoms. The summed E-state index contributed by atoms with van der Waals surface area (Å²) < 4.78 is 0. The average molecular weight is 312 g/mol. The number of amides is 1. The van der Waals surface area contributed by atoms with Gasteiger partial charge in [0.25, 0.3) is 0 Å². The number of aryl methyl sites for hydroxylation is 2. The Labute approximate surface area is 118 Å². The van der Waals surface area contributed by atoms with Crippen molar-refractivity contribution in [2.75, 3.05) is 0 Å². The van der Waals surface area contributed by atoms with E-state index in [1.54, 1.807) is 0 Å². The summed E-state index contributed by atoms with van der Waals surface area (Å²) in [4.78, 5) is 12.2. The Morgan fingerprint density at radius 3 is 2.56 bits per heavy atom. The normalized spacial score (nSPS) is 13.2. The summed E-state index contributed by atoms with van der Waals surface area (Å²) in [6.45, 7) is 8.18. The fourth-order valence-electron chi connectivity index (χ4n) is 1.66. The van der Waals surface area contributed by atoms with Crippen LogP contribution < -0.4 is 5.32 Å². The Balaban J connectivity index is 2.50. The van der Waals surface area contributed by atoms with E-state index in [4.69, 9.17) is 0 Å². The summed E-state index contributed by atoms with van der Waals surface area (Å²) in [6, 6.07) is 8.21. The van der Waals surface area contributed by atoms with E-state index < -0.39 is 0 Å². The molecular weight excluding hydrogens is 290 g/mol. The molecule has 0 aliphatic heterocycles. The van der Waals surface area contributed by atoms with Crippen LogP contribution in [0.3, 0.4) is 0 Å². The van der Waals surface area contributed by atoms with Crippen molar-refractivity contribution in [2.45, 2.75) is 50.9 Å². The predicted octanol–water partition coefficient (Wildman–Crippen LogP) is 3.61. The van der Waals surface area contributed by atoms with E-state index in [0.29, 0.717) is 6.42 Å². The van der Waals surface area contributed by atoms with Crippen LogP contribution >= 0.6 is 15.9 Å². The first-order valence-corrected chi connectivity index (χ1v) is 7.24. The maximum absolute atomic E-state index is 11.9. The SMILES string of the molecule is Cc1ccccc1CCC(=O)NC(C)(C)C(C)Br. The number of carbonyl (C=O) groups is 1. The molecule has 1 aromatic rings. The highest BCUT2D eigenvalue weighted by Gasteiger charge is 2.25. The molecular formula is C15H22BrNO. The van der Waals surface area contributed by atoms with Gasteiger partial charge in [0.2, 0.25) is 5.91 Å². The molecule has 0 saturated carbocycles. The molecule has 1 rings (SSSR count). The fourth-order valence-corrected chi connectivity index (χ4v) is 1.77. The van der Waals surface area contributed by atoms with Crippen molar-refractivity contribution in [2.24, 2.45) is 0 Å². The van der Waals surface area contributed by atoms with Gasteiger partial charge in [0.1, 0.15) is 0 Å². The van der Waals surface area contributed by atoms with E-state index in [0.717, 1.165) is 6.42 Å². The van der Waals surface area contributed by atoms with Gasteiger partial charge < -0.3 is 5.32 Å². The number of halogens is 1. The van der Waals surface area contributed by atoms with E-state index in [2.05, 4.69) is 40.3 Å². The molecule has 3 heteroatoms. The lowest BCUT2D eigenvalue weighted by molar-refractivity contribution is -0.122. The Morgan fingerprint density at radius 2 is 2.00 bits per heavy atom. The minimum Gasteiger partial charge on any atom is -0.350 e. The number of benzene rings is 1. The number of nitrogens with one attached hydrogen (secondary N) is 1. The van der Waals surface area contributed by atoms with Crippen LogP contribution in [0, 0.1) is 6.92 Å². The van der Waals surface area contributed by atoms with Crippen molar-refractivity contribution < 1.29 is 4.79 Å². The Bertz CT molecular complexity index is 413. The third-order valence-corrected chi connectivity index (χ3v) is 4.48. The van der Waals surface area contributed by atoms with Crippen molar-refractivity contribution in [1.82, 2.24) is 5.32 Å². The molecule has 1 atom stereocenters. The highest BCUT2D eigenvalue weighted by Crippen LogP contribution is 2.17. The summed E-state index contributed by atoms with van der Waals surface area (Å²) >= 11 is 3.52. The van der Waals surface area contributed by atoms with Crippen LogP contribution in [0.4, 0.5) is 0 Å². The van der Waals surface area contributed by atoms with Crippen LogP contribution in [0.15, 0.2) is 24.3 Å². The van der Waals surface area contributed by atoms with E-state index in [1.807, 2.05) is 32.9 Å². The predicted molar refractivity (Wildman–Crippen MR) is 80.1 cm³/mol. The van der Waals surface area contributed by atoms with Gasteiger partial charge in [0.05, 0.1) is 0 Å². The molecule has 0 aliphatic carbocycles. The molecule has 0 fully saturated rings. The number of rotatable bonds is 5. The third-order valence-electron chi connectivity index (χ3n) is 3.34. The molecule has 1 unspecified atom stereocenters. The quantitative estimate of drug-likeness (QED) is 0.827. The zero-order chi connectivity index (χ0) is 13.8.